The Kier molecular flexibility index (Phi) is 5.00. The summed E-state index contributed by atoms with van der Waals surface area (Å²) in [6.07, 6.45) is 0.350. The largest absolute Gasteiger partial charge is 0.489 e. The van der Waals surface area contributed by atoms with Crippen molar-refractivity contribution in [1.82, 2.24) is 0 Å². The van der Waals surface area contributed by atoms with Gasteiger partial charge in [0.1, 0.15) is 24.0 Å². The van der Waals surface area contributed by atoms with Crippen LogP contribution in [0, 0.1) is 5.82 Å². The van der Waals surface area contributed by atoms with Crippen LogP contribution in [-0.2, 0) is 13.0 Å². The first-order valence-corrected chi connectivity index (χ1v) is 6.58. The van der Waals surface area contributed by atoms with Crippen molar-refractivity contribution in [2.24, 2.45) is 10.9 Å². The predicted octanol–water partition coefficient (Wildman–Crippen LogP) is 3.35. The Balaban J connectivity index is 1.97. The summed E-state index contributed by atoms with van der Waals surface area (Å²) in [5, 5.41) is 11.8. The maximum atomic E-state index is 13.6. The van der Waals surface area contributed by atoms with E-state index in [2.05, 4.69) is 5.16 Å². The van der Waals surface area contributed by atoms with Crippen molar-refractivity contribution in [1.29, 1.82) is 0 Å². The van der Waals surface area contributed by atoms with Crippen molar-refractivity contribution in [2.45, 2.75) is 13.0 Å². The zero-order valence-corrected chi connectivity index (χ0v) is 11.8. The first-order chi connectivity index (χ1) is 10.1. The van der Waals surface area contributed by atoms with Gasteiger partial charge >= 0.3 is 0 Å². The van der Waals surface area contributed by atoms with E-state index in [4.69, 9.17) is 27.3 Å². The topological polar surface area (TPSA) is 67.8 Å². The summed E-state index contributed by atoms with van der Waals surface area (Å²) in [7, 11) is 0. The third-order valence-electron chi connectivity index (χ3n) is 2.85. The molecule has 21 heavy (non-hydrogen) atoms. The van der Waals surface area contributed by atoms with Crippen molar-refractivity contribution < 1.29 is 14.3 Å². The maximum Gasteiger partial charge on any atom is 0.143 e. The highest BCUT2D eigenvalue weighted by Crippen LogP contribution is 2.18. The van der Waals surface area contributed by atoms with E-state index in [0.717, 1.165) is 5.56 Å². The van der Waals surface area contributed by atoms with Gasteiger partial charge in [0.15, 0.2) is 0 Å². The second-order valence-electron chi connectivity index (χ2n) is 4.44. The molecule has 0 aliphatic carbocycles. The molecule has 0 saturated heterocycles. The lowest BCUT2D eigenvalue weighted by atomic mass is 10.1. The van der Waals surface area contributed by atoms with E-state index in [9.17, 15) is 4.39 Å². The van der Waals surface area contributed by atoms with Crippen molar-refractivity contribution in [2.75, 3.05) is 0 Å². The lowest BCUT2D eigenvalue weighted by Crippen LogP contribution is -2.14. The number of nitrogens with two attached hydrogens (primary N) is 1. The van der Waals surface area contributed by atoms with Crippen LogP contribution in [0.25, 0.3) is 0 Å². The van der Waals surface area contributed by atoms with E-state index in [0.29, 0.717) is 22.8 Å². The standard InChI is InChI=1S/C15H14ClFN2O2/c16-12-4-3-11(14(17)8-12)9-21-13-5-1-10(2-6-13)7-15(18)19-20/h1-6,8,20H,7,9H2,(H2,18,19). The van der Waals surface area contributed by atoms with Crippen molar-refractivity contribution >= 4 is 17.4 Å². The fraction of sp³-hybridized carbons (Fsp3) is 0.133. The van der Waals surface area contributed by atoms with Crippen molar-refractivity contribution in [3.05, 3.63) is 64.4 Å². The summed E-state index contributed by atoms with van der Waals surface area (Å²) in [6, 6.07) is 11.5. The second-order valence-corrected chi connectivity index (χ2v) is 4.87. The monoisotopic (exact) mass is 308 g/mol. The third kappa shape index (κ3) is 4.36. The van der Waals surface area contributed by atoms with Crippen LogP contribution in [-0.4, -0.2) is 11.0 Å². The van der Waals surface area contributed by atoms with Crippen LogP contribution >= 0.6 is 11.6 Å². The summed E-state index contributed by atoms with van der Waals surface area (Å²) in [5.74, 6) is 0.338. The number of amidine groups is 1. The molecule has 0 amide bonds. The Hall–Kier alpha value is -2.27. The summed E-state index contributed by atoms with van der Waals surface area (Å²) in [4.78, 5) is 0. The fourth-order valence-corrected chi connectivity index (χ4v) is 1.91. The minimum absolute atomic E-state index is 0.114. The van der Waals surface area contributed by atoms with Gasteiger partial charge in [-0.05, 0) is 29.8 Å². The highest BCUT2D eigenvalue weighted by atomic mass is 35.5. The molecule has 0 fully saturated rings. The molecule has 110 valence electrons. The Morgan fingerprint density at radius 2 is 1.95 bits per heavy atom. The number of rotatable bonds is 5. The maximum absolute atomic E-state index is 13.6. The average Bonchev–Trinajstić information content (AvgIpc) is 2.48. The molecule has 4 nitrogen and oxygen atoms in total. The van der Waals surface area contributed by atoms with Crippen LogP contribution in [0.1, 0.15) is 11.1 Å². The molecule has 0 spiro atoms. The van der Waals surface area contributed by atoms with E-state index in [1.165, 1.54) is 6.07 Å². The predicted molar refractivity (Wildman–Crippen MR) is 79.3 cm³/mol. The minimum Gasteiger partial charge on any atom is -0.489 e. The van der Waals surface area contributed by atoms with Gasteiger partial charge < -0.3 is 15.7 Å². The number of ether oxygens (including phenoxy) is 1. The highest BCUT2D eigenvalue weighted by molar-refractivity contribution is 6.30. The smallest absolute Gasteiger partial charge is 0.143 e. The number of nitrogens with zero attached hydrogens (tertiary/aromatic N) is 1. The molecule has 0 aliphatic rings. The normalized spacial score (nSPS) is 11.4. The number of oxime groups is 1. The summed E-state index contributed by atoms with van der Waals surface area (Å²) < 4.78 is 19.1. The Morgan fingerprint density at radius 3 is 2.57 bits per heavy atom. The molecule has 0 aliphatic heterocycles. The van der Waals surface area contributed by atoms with Gasteiger partial charge in [-0.1, -0.05) is 35.0 Å². The Labute approximate surface area is 126 Å². The van der Waals surface area contributed by atoms with E-state index in [-0.39, 0.29) is 12.4 Å². The van der Waals surface area contributed by atoms with Gasteiger partial charge in [0.05, 0.1) is 0 Å². The summed E-state index contributed by atoms with van der Waals surface area (Å²) in [5.41, 5.74) is 6.74. The van der Waals surface area contributed by atoms with Gasteiger partial charge in [-0.25, -0.2) is 4.39 Å². The van der Waals surface area contributed by atoms with Gasteiger partial charge in [0.2, 0.25) is 0 Å². The van der Waals surface area contributed by atoms with Gasteiger partial charge in [-0.15, -0.1) is 0 Å². The van der Waals surface area contributed by atoms with E-state index in [1.807, 2.05) is 0 Å². The molecule has 0 aromatic heterocycles. The number of benzene rings is 2. The first kappa shape index (κ1) is 15.1. The first-order valence-electron chi connectivity index (χ1n) is 6.20. The number of hydrogen-bond donors (Lipinski definition) is 2. The average molecular weight is 309 g/mol. The van der Waals surface area contributed by atoms with Crippen LogP contribution < -0.4 is 10.5 Å². The molecule has 2 aromatic carbocycles. The summed E-state index contributed by atoms with van der Waals surface area (Å²) >= 11 is 5.69. The van der Waals surface area contributed by atoms with Crippen molar-refractivity contribution in [3.8, 4) is 5.75 Å². The highest BCUT2D eigenvalue weighted by Gasteiger charge is 2.04. The van der Waals surface area contributed by atoms with E-state index in [1.54, 1.807) is 36.4 Å². The van der Waals surface area contributed by atoms with E-state index >= 15 is 0 Å². The van der Waals surface area contributed by atoms with Crippen LogP contribution in [0.15, 0.2) is 47.6 Å². The summed E-state index contributed by atoms with van der Waals surface area (Å²) in [6.45, 7) is 0.114. The number of halogens is 2. The molecule has 0 saturated carbocycles. The molecule has 2 aromatic rings. The fourth-order valence-electron chi connectivity index (χ4n) is 1.75. The molecule has 0 unspecified atom stereocenters. The van der Waals surface area contributed by atoms with Crippen molar-refractivity contribution in [3.63, 3.8) is 0 Å². The molecule has 3 N–H and O–H groups in total. The van der Waals surface area contributed by atoms with Gasteiger partial charge in [0.25, 0.3) is 0 Å². The number of hydrogen-bond acceptors (Lipinski definition) is 3. The molecule has 0 bridgehead atoms. The molecule has 0 radical (unpaired) electrons. The van der Waals surface area contributed by atoms with Gasteiger partial charge in [0, 0.05) is 17.0 Å². The minimum atomic E-state index is -0.397. The zero-order chi connectivity index (χ0) is 15.2. The molecule has 0 atom stereocenters. The Morgan fingerprint density at radius 1 is 1.24 bits per heavy atom. The molecule has 0 heterocycles. The lowest BCUT2D eigenvalue weighted by Gasteiger charge is -2.08. The molecular formula is C15H14ClFN2O2. The quantitative estimate of drug-likeness (QED) is 0.385. The van der Waals surface area contributed by atoms with Crippen LogP contribution in [0.3, 0.4) is 0 Å². The van der Waals surface area contributed by atoms with Gasteiger partial charge in [-0.3, -0.25) is 0 Å². The molecular weight excluding hydrogens is 295 g/mol. The van der Waals surface area contributed by atoms with Gasteiger partial charge in [-0.2, -0.15) is 0 Å². The SMILES string of the molecule is N/C(Cc1ccc(OCc2ccc(Cl)cc2F)cc1)=N/O. The second kappa shape index (κ2) is 6.95. The lowest BCUT2D eigenvalue weighted by molar-refractivity contribution is 0.300. The molecule has 2 rings (SSSR count). The third-order valence-corrected chi connectivity index (χ3v) is 3.08. The van der Waals surface area contributed by atoms with E-state index < -0.39 is 5.82 Å². The van der Waals surface area contributed by atoms with Crippen LogP contribution in [0.2, 0.25) is 5.02 Å². The van der Waals surface area contributed by atoms with Crippen LogP contribution in [0.5, 0.6) is 5.75 Å². The Bertz CT molecular complexity index is 645. The zero-order valence-electron chi connectivity index (χ0n) is 11.1. The van der Waals surface area contributed by atoms with Crippen LogP contribution in [0.4, 0.5) is 4.39 Å². The molecule has 6 heteroatoms.